The van der Waals surface area contributed by atoms with Gasteiger partial charge in [0.2, 0.25) is 0 Å². The summed E-state index contributed by atoms with van der Waals surface area (Å²) in [6.07, 6.45) is 4.83. The molecule has 3 aromatic heterocycles. The molecule has 0 saturated carbocycles. The maximum Gasteiger partial charge on any atom is 0.262 e. The molecular weight excluding hydrogens is 476 g/mol. The second-order valence-corrected chi connectivity index (χ2v) is 9.39. The largest absolute Gasteiger partial charge is 0.287 e. The SMILES string of the molecule is CCCCCn1c(SCc2cc(=O)n3cc(C)ccc3n2)nc2ccc(Br)cc2c1=O. The number of aryl methyl sites for hydroxylation is 1. The lowest BCUT2D eigenvalue weighted by Crippen LogP contribution is -2.23. The van der Waals surface area contributed by atoms with Gasteiger partial charge in [0, 0.05) is 29.0 Å². The Balaban J connectivity index is 1.70. The Kier molecular flexibility index (Phi) is 6.57. The molecule has 4 rings (SSSR count). The molecule has 0 atom stereocenters. The van der Waals surface area contributed by atoms with Crippen molar-refractivity contribution in [3.05, 3.63) is 79.0 Å². The van der Waals surface area contributed by atoms with Crippen molar-refractivity contribution in [2.45, 2.75) is 50.6 Å². The molecule has 0 aliphatic heterocycles. The third-order valence-corrected chi connectivity index (χ3v) is 6.58. The Labute approximate surface area is 192 Å². The smallest absolute Gasteiger partial charge is 0.262 e. The third-order valence-electron chi connectivity index (χ3n) is 5.08. The van der Waals surface area contributed by atoms with Gasteiger partial charge < -0.3 is 0 Å². The Morgan fingerprint density at radius 1 is 1.06 bits per heavy atom. The summed E-state index contributed by atoms with van der Waals surface area (Å²) in [6, 6.07) is 10.9. The summed E-state index contributed by atoms with van der Waals surface area (Å²) < 4.78 is 4.17. The standard InChI is InChI=1S/C23H23BrN4O2S/c1-3-4-5-10-27-22(30)18-11-16(24)7-8-19(18)26-23(27)31-14-17-12-21(29)28-13-15(2)6-9-20(28)25-17/h6-9,11-13H,3-5,10,14H2,1-2H3. The fourth-order valence-corrected chi connectivity index (χ4v) is 4.75. The maximum absolute atomic E-state index is 13.2. The van der Waals surface area contributed by atoms with Crippen molar-refractivity contribution in [3.63, 3.8) is 0 Å². The number of fused-ring (bicyclic) bond motifs is 2. The average Bonchev–Trinajstić information content (AvgIpc) is 2.75. The fourth-order valence-electron chi connectivity index (χ4n) is 3.47. The van der Waals surface area contributed by atoms with Gasteiger partial charge in [-0.1, -0.05) is 53.5 Å². The van der Waals surface area contributed by atoms with Crippen LogP contribution in [0.3, 0.4) is 0 Å². The molecular formula is C23H23BrN4O2S. The van der Waals surface area contributed by atoms with Crippen molar-refractivity contribution in [1.29, 1.82) is 0 Å². The van der Waals surface area contributed by atoms with Gasteiger partial charge in [0.25, 0.3) is 11.1 Å². The van der Waals surface area contributed by atoms with Crippen LogP contribution in [0.25, 0.3) is 16.6 Å². The molecule has 0 aliphatic carbocycles. The molecule has 0 unspecified atom stereocenters. The Bertz CT molecular complexity index is 1380. The van der Waals surface area contributed by atoms with E-state index in [2.05, 4.69) is 27.8 Å². The number of aromatic nitrogens is 4. The van der Waals surface area contributed by atoms with E-state index in [1.165, 1.54) is 11.8 Å². The van der Waals surface area contributed by atoms with E-state index in [4.69, 9.17) is 4.98 Å². The first-order valence-corrected chi connectivity index (χ1v) is 12.1. The Morgan fingerprint density at radius 2 is 1.90 bits per heavy atom. The van der Waals surface area contributed by atoms with Crippen molar-refractivity contribution >= 4 is 44.2 Å². The lowest BCUT2D eigenvalue weighted by molar-refractivity contribution is 0.541. The zero-order valence-corrected chi connectivity index (χ0v) is 19.9. The van der Waals surface area contributed by atoms with Crippen LogP contribution in [0.15, 0.2) is 61.8 Å². The van der Waals surface area contributed by atoms with Gasteiger partial charge in [-0.25, -0.2) is 9.97 Å². The zero-order valence-electron chi connectivity index (χ0n) is 17.5. The molecule has 8 heteroatoms. The Morgan fingerprint density at radius 3 is 2.71 bits per heavy atom. The van der Waals surface area contributed by atoms with Crippen LogP contribution in [-0.2, 0) is 12.3 Å². The van der Waals surface area contributed by atoms with Crippen molar-refractivity contribution < 1.29 is 0 Å². The molecule has 0 spiro atoms. The lowest BCUT2D eigenvalue weighted by Gasteiger charge is -2.13. The quantitative estimate of drug-likeness (QED) is 0.204. The molecule has 160 valence electrons. The molecule has 31 heavy (non-hydrogen) atoms. The van der Waals surface area contributed by atoms with Gasteiger partial charge in [-0.05, 0) is 43.2 Å². The normalized spacial score (nSPS) is 11.5. The Hall–Kier alpha value is -2.45. The van der Waals surface area contributed by atoms with Gasteiger partial charge in [0.05, 0.1) is 16.6 Å². The van der Waals surface area contributed by atoms with Crippen molar-refractivity contribution in [1.82, 2.24) is 18.9 Å². The highest BCUT2D eigenvalue weighted by atomic mass is 79.9. The first-order chi connectivity index (χ1) is 15.0. The number of thioether (sulfide) groups is 1. The first kappa shape index (κ1) is 21.8. The van der Waals surface area contributed by atoms with E-state index >= 15 is 0 Å². The number of rotatable bonds is 7. The summed E-state index contributed by atoms with van der Waals surface area (Å²) >= 11 is 4.89. The molecule has 0 N–H and O–H groups in total. The number of unbranched alkanes of at least 4 members (excludes halogenated alkanes) is 2. The number of halogens is 1. The summed E-state index contributed by atoms with van der Waals surface area (Å²) in [7, 11) is 0. The van der Waals surface area contributed by atoms with Crippen molar-refractivity contribution in [3.8, 4) is 0 Å². The number of nitrogens with zero attached hydrogens (tertiary/aromatic N) is 4. The van der Waals surface area contributed by atoms with Crippen LogP contribution < -0.4 is 11.1 Å². The van der Waals surface area contributed by atoms with Crippen LogP contribution in [0.5, 0.6) is 0 Å². The van der Waals surface area contributed by atoms with Gasteiger partial charge in [0.15, 0.2) is 5.16 Å². The van der Waals surface area contributed by atoms with Gasteiger partial charge in [-0.3, -0.25) is 18.6 Å². The predicted molar refractivity (Wildman–Crippen MR) is 129 cm³/mol. The molecule has 6 nitrogen and oxygen atoms in total. The van der Waals surface area contributed by atoms with E-state index in [0.29, 0.717) is 39.7 Å². The molecule has 0 radical (unpaired) electrons. The van der Waals surface area contributed by atoms with E-state index in [1.807, 2.05) is 37.3 Å². The number of hydrogen-bond acceptors (Lipinski definition) is 5. The predicted octanol–water partition coefficient (Wildman–Crippen LogP) is 4.96. The highest BCUT2D eigenvalue weighted by molar-refractivity contribution is 9.10. The van der Waals surface area contributed by atoms with Gasteiger partial charge in [0.1, 0.15) is 5.65 Å². The van der Waals surface area contributed by atoms with Gasteiger partial charge in [-0.15, -0.1) is 0 Å². The van der Waals surface area contributed by atoms with Gasteiger partial charge >= 0.3 is 0 Å². The molecule has 0 aliphatic rings. The molecule has 3 heterocycles. The second kappa shape index (κ2) is 9.36. The minimum atomic E-state index is -0.110. The summed E-state index contributed by atoms with van der Waals surface area (Å²) in [4.78, 5) is 35.1. The minimum Gasteiger partial charge on any atom is -0.287 e. The van der Waals surface area contributed by atoms with E-state index in [1.54, 1.807) is 21.2 Å². The van der Waals surface area contributed by atoms with Crippen LogP contribution >= 0.6 is 27.7 Å². The van der Waals surface area contributed by atoms with E-state index in [-0.39, 0.29) is 11.1 Å². The minimum absolute atomic E-state index is 0.0353. The zero-order chi connectivity index (χ0) is 22.0. The summed E-state index contributed by atoms with van der Waals surface area (Å²) in [5.74, 6) is 0.460. The number of benzene rings is 1. The van der Waals surface area contributed by atoms with Crippen LogP contribution in [0.4, 0.5) is 0 Å². The van der Waals surface area contributed by atoms with E-state index < -0.39 is 0 Å². The van der Waals surface area contributed by atoms with Crippen LogP contribution in [0.2, 0.25) is 0 Å². The highest BCUT2D eigenvalue weighted by Crippen LogP contribution is 2.23. The molecule has 1 aromatic carbocycles. The van der Waals surface area contributed by atoms with Crippen LogP contribution in [-0.4, -0.2) is 18.9 Å². The van der Waals surface area contributed by atoms with Crippen molar-refractivity contribution in [2.24, 2.45) is 0 Å². The van der Waals surface area contributed by atoms with Crippen LogP contribution in [0, 0.1) is 6.92 Å². The summed E-state index contributed by atoms with van der Waals surface area (Å²) in [5.41, 5.74) is 2.81. The second-order valence-electron chi connectivity index (χ2n) is 7.53. The summed E-state index contributed by atoms with van der Waals surface area (Å²) in [6.45, 7) is 4.70. The molecule has 0 fully saturated rings. The first-order valence-electron chi connectivity index (χ1n) is 10.3. The van der Waals surface area contributed by atoms with E-state index in [9.17, 15) is 9.59 Å². The van der Waals surface area contributed by atoms with E-state index in [0.717, 1.165) is 29.3 Å². The lowest BCUT2D eigenvalue weighted by atomic mass is 10.2. The molecule has 4 aromatic rings. The van der Waals surface area contributed by atoms with Crippen molar-refractivity contribution in [2.75, 3.05) is 0 Å². The number of pyridine rings is 1. The summed E-state index contributed by atoms with van der Waals surface area (Å²) in [5, 5.41) is 1.26. The third kappa shape index (κ3) is 4.75. The van der Waals surface area contributed by atoms with Gasteiger partial charge in [-0.2, -0.15) is 0 Å². The fraction of sp³-hybridized carbons (Fsp3) is 0.304. The average molecular weight is 499 g/mol. The number of hydrogen-bond donors (Lipinski definition) is 0. The monoisotopic (exact) mass is 498 g/mol. The molecule has 0 amide bonds. The maximum atomic E-state index is 13.2. The molecule has 0 bridgehead atoms. The molecule has 0 saturated heterocycles. The topological polar surface area (TPSA) is 69.3 Å². The van der Waals surface area contributed by atoms with Crippen LogP contribution in [0.1, 0.15) is 37.4 Å². The highest BCUT2D eigenvalue weighted by Gasteiger charge is 2.13.